The average molecular weight is 327 g/mol. The van der Waals surface area contributed by atoms with Crippen LogP contribution in [-0.2, 0) is 9.59 Å². The van der Waals surface area contributed by atoms with Gasteiger partial charge in [-0.2, -0.15) is 0 Å². The van der Waals surface area contributed by atoms with Gasteiger partial charge in [0.15, 0.2) is 11.6 Å². The number of nitrogens with zero attached hydrogens (tertiary/aromatic N) is 1. The Labute approximate surface area is 139 Å². The van der Waals surface area contributed by atoms with Gasteiger partial charge in [0.1, 0.15) is 10.4 Å². The highest BCUT2D eigenvalue weighted by Crippen LogP contribution is 2.46. The van der Waals surface area contributed by atoms with E-state index in [-0.39, 0.29) is 23.0 Å². The van der Waals surface area contributed by atoms with Crippen LogP contribution in [-0.4, -0.2) is 22.4 Å². The lowest BCUT2D eigenvalue weighted by atomic mass is 9.71. The zero-order chi connectivity index (χ0) is 16.6. The monoisotopic (exact) mass is 327 g/mol. The van der Waals surface area contributed by atoms with Crippen LogP contribution in [0.4, 0.5) is 0 Å². The molecular formula is C18H17NO3S. The van der Waals surface area contributed by atoms with Gasteiger partial charge < -0.3 is 0 Å². The molecule has 0 aromatic heterocycles. The minimum absolute atomic E-state index is 0.134. The van der Waals surface area contributed by atoms with Crippen molar-refractivity contribution in [2.75, 3.05) is 0 Å². The number of Topliss-reactive ketones (excluding diaryl/α,β-unsaturated/α-hetero) is 2. The van der Waals surface area contributed by atoms with Crippen molar-refractivity contribution in [2.24, 2.45) is 5.41 Å². The number of amides is 1. The molecule has 0 bridgehead atoms. The topological polar surface area (TPSA) is 54.5 Å². The number of rotatable bonds is 4. The molecule has 0 spiro atoms. The summed E-state index contributed by atoms with van der Waals surface area (Å²) in [6.45, 7) is 3.64. The number of carbonyl (C=O) groups is 3. The minimum Gasteiger partial charge on any atom is -0.293 e. The average Bonchev–Trinajstić information content (AvgIpc) is 3.06. The molecule has 1 aromatic carbocycles. The number of hydrogen-bond acceptors (Lipinski definition) is 4. The number of thioether (sulfide) groups is 1. The molecule has 0 unspecified atom stereocenters. The Balaban J connectivity index is 2.18. The van der Waals surface area contributed by atoms with Crippen molar-refractivity contribution >= 4 is 29.2 Å². The summed E-state index contributed by atoms with van der Waals surface area (Å²) in [6.07, 6.45) is 2.41. The molecule has 0 radical (unpaired) electrons. The van der Waals surface area contributed by atoms with E-state index in [0.717, 1.165) is 0 Å². The van der Waals surface area contributed by atoms with Gasteiger partial charge in [-0.1, -0.05) is 55.9 Å². The molecule has 0 fully saturated rings. The van der Waals surface area contributed by atoms with Crippen LogP contribution < -0.4 is 0 Å². The maximum absolute atomic E-state index is 13.1. The molecule has 5 heteroatoms. The van der Waals surface area contributed by atoms with Crippen LogP contribution in [0, 0.1) is 5.41 Å². The molecule has 0 atom stereocenters. The van der Waals surface area contributed by atoms with Gasteiger partial charge in [0.05, 0.1) is 5.57 Å². The van der Waals surface area contributed by atoms with Gasteiger partial charge in [0.25, 0.3) is 0 Å². The first-order chi connectivity index (χ1) is 11.1. The maximum Gasteiger partial charge on any atom is 0.245 e. The Morgan fingerprint density at radius 1 is 1.13 bits per heavy atom. The largest absolute Gasteiger partial charge is 0.293 e. The van der Waals surface area contributed by atoms with Crippen molar-refractivity contribution in [1.29, 1.82) is 0 Å². The molecule has 0 saturated carbocycles. The normalized spacial score (nSPS) is 19.3. The first-order valence-electron chi connectivity index (χ1n) is 7.62. The number of hydrogen-bond donors (Lipinski definition) is 0. The van der Waals surface area contributed by atoms with E-state index in [1.54, 1.807) is 35.9 Å². The molecule has 23 heavy (non-hydrogen) atoms. The standard InChI is InChI=1S/C18H17NO3S/c1-3-18(4-2)15(21)13(14(20)12-8-6-5-7-9-12)16-19(17(18)22)10-11-23-16/h5-11H,3-4H2,1-2H3. The fourth-order valence-electron chi connectivity index (χ4n) is 3.09. The summed E-state index contributed by atoms with van der Waals surface area (Å²) in [6, 6.07) is 8.73. The van der Waals surface area contributed by atoms with Crippen molar-refractivity contribution < 1.29 is 14.4 Å². The van der Waals surface area contributed by atoms with Crippen LogP contribution in [0.1, 0.15) is 37.0 Å². The number of allylic oxidation sites excluding steroid dienone is 1. The zero-order valence-electron chi connectivity index (χ0n) is 13.0. The molecule has 3 rings (SSSR count). The van der Waals surface area contributed by atoms with Crippen LogP contribution in [0.5, 0.6) is 0 Å². The SMILES string of the molecule is CCC1(CC)C(=O)C(C(=O)c2ccccc2)=C2SC=CN2C1=O. The highest BCUT2D eigenvalue weighted by molar-refractivity contribution is 8.06. The van der Waals surface area contributed by atoms with Gasteiger partial charge in [0, 0.05) is 11.8 Å². The Kier molecular flexibility index (Phi) is 3.98. The van der Waals surface area contributed by atoms with E-state index < -0.39 is 5.41 Å². The second kappa shape index (κ2) is 5.81. The third-order valence-corrected chi connectivity index (χ3v) is 5.46. The van der Waals surface area contributed by atoms with E-state index in [4.69, 9.17) is 0 Å². The molecular weight excluding hydrogens is 310 g/mol. The van der Waals surface area contributed by atoms with Gasteiger partial charge >= 0.3 is 0 Å². The lowest BCUT2D eigenvalue weighted by Gasteiger charge is -2.37. The molecule has 1 amide bonds. The summed E-state index contributed by atoms with van der Waals surface area (Å²) in [4.78, 5) is 40.3. The van der Waals surface area contributed by atoms with Crippen LogP contribution >= 0.6 is 11.8 Å². The molecule has 2 aliphatic rings. The van der Waals surface area contributed by atoms with Crippen molar-refractivity contribution in [3.8, 4) is 0 Å². The predicted molar refractivity (Wildman–Crippen MR) is 89.4 cm³/mol. The number of carbonyl (C=O) groups excluding carboxylic acids is 3. The molecule has 0 saturated heterocycles. The molecule has 118 valence electrons. The summed E-state index contributed by atoms with van der Waals surface area (Å²) < 4.78 is 0. The summed E-state index contributed by atoms with van der Waals surface area (Å²) in [5.41, 5.74) is -0.542. The van der Waals surface area contributed by atoms with Crippen molar-refractivity contribution in [3.05, 3.63) is 58.1 Å². The van der Waals surface area contributed by atoms with Crippen LogP contribution in [0.25, 0.3) is 0 Å². The number of ketones is 2. The Bertz CT molecular complexity index is 745. The smallest absolute Gasteiger partial charge is 0.245 e. The molecule has 2 aliphatic heterocycles. The zero-order valence-corrected chi connectivity index (χ0v) is 13.9. The summed E-state index contributed by atoms with van der Waals surface area (Å²) in [7, 11) is 0. The summed E-state index contributed by atoms with van der Waals surface area (Å²) in [5, 5.41) is 2.17. The summed E-state index contributed by atoms with van der Waals surface area (Å²) in [5.74, 6) is -0.886. The highest BCUT2D eigenvalue weighted by Gasteiger charge is 2.53. The number of fused-ring (bicyclic) bond motifs is 1. The number of benzene rings is 1. The molecule has 0 aliphatic carbocycles. The first-order valence-corrected chi connectivity index (χ1v) is 8.50. The predicted octanol–water partition coefficient (Wildman–Crippen LogP) is 3.52. The van der Waals surface area contributed by atoms with E-state index in [1.807, 2.05) is 19.9 Å². The lowest BCUT2D eigenvalue weighted by Crippen LogP contribution is -2.51. The maximum atomic E-state index is 13.1. The highest BCUT2D eigenvalue weighted by atomic mass is 32.2. The summed E-state index contributed by atoms with van der Waals surface area (Å²) >= 11 is 1.25. The van der Waals surface area contributed by atoms with Gasteiger partial charge in [-0.05, 0) is 18.2 Å². The van der Waals surface area contributed by atoms with E-state index >= 15 is 0 Å². The second-order valence-electron chi connectivity index (χ2n) is 5.57. The van der Waals surface area contributed by atoms with Crippen molar-refractivity contribution in [3.63, 3.8) is 0 Å². The van der Waals surface area contributed by atoms with Gasteiger partial charge in [0.2, 0.25) is 5.91 Å². The van der Waals surface area contributed by atoms with E-state index in [2.05, 4.69) is 0 Å². The molecule has 2 heterocycles. The van der Waals surface area contributed by atoms with Gasteiger partial charge in [-0.25, -0.2) is 0 Å². The fourth-order valence-corrected chi connectivity index (χ4v) is 3.96. The van der Waals surface area contributed by atoms with E-state index in [1.165, 1.54) is 16.7 Å². The second-order valence-corrected chi connectivity index (χ2v) is 6.47. The van der Waals surface area contributed by atoms with Crippen LogP contribution in [0.3, 0.4) is 0 Å². The van der Waals surface area contributed by atoms with Gasteiger partial charge in [-0.3, -0.25) is 19.3 Å². The van der Waals surface area contributed by atoms with E-state index in [9.17, 15) is 14.4 Å². The molecule has 0 N–H and O–H groups in total. The molecule has 1 aromatic rings. The first kappa shape index (κ1) is 15.7. The minimum atomic E-state index is -1.14. The lowest BCUT2D eigenvalue weighted by molar-refractivity contribution is -0.146. The fraction of sp³-hybridized carbons (Fsp3) is 0.278. The van der Waals surface area contributed by atoms with Crippen LogP contribution in [0.15, 0.2) is 52.5 Å². The Hall–Kier alpha value is -2.14. The van der Waals surface area contributed by atoms with Crippen molar-refractivity contribution in [1.82, 2.24) is 4.90 Å². The van der Waals surface area contributed by atoms with Gasteiger partial charge in [-0.15, -0.1) is 0 Å². The quantitative estimate of drug-likeness (QED) is 0.482. The molecule has 4 nitrogen and oxygen atoms in total. The third kappa shape index (κ3) is 2.18. The van der Waals surface area contributed by atoms with E-state index in [0.29, 0.717) is 23.4 Å². The van der Waals surface area contributed by atoms with Crippen LogP contribution in [0.2, 0.25) is 0 Å². The van der Waals surface area contributed by atoms with Crippen molar-refractivity contribution in [2.45, 2.75) is 26.7 Å². The Morgan fingerprint density at radius 2 is 1.78 bits per heavy atom. The third-order valence-electron chi connectivity index (χ3n) is 4.58. The Morgan fingerprint density at radius 3 is 2.39 bits per heavy atom.